The summed E-state index contributed by atoms with van der Waals surface area (Å²) in [5.74, 6) is -0.485. The summed E-state index contributed by atoms with van der Waals surface area (Å²) in [6.45, 7) is 3.75. The van der Waals surface area contributed by atoms with E-state index in [-0.39, 0.29) is 34.0 Å². The molecule has 1 atom stereocenters. The number of nitrogens with two attached hydrogens (primary N) is 1. The summed E-state index contributed by atoms with van der Waals surface area (Å²) in [5.41, 5.74) is 7.10. The van der Waals surface area contributed by atoms with Gasteiger partial charge in [-0.15, -0.1) is 0 Å². The molecule has 2 aromatic rings. The molecule has 2 rings (SSSR count). The molecule has 0 fully saturated rings. The molecule has 0 aliphatic heterocycles. The lowest BCUT2D eigenvalue weighted by Crippen LogP contribution is -2.33. The Kier molecular flexibility index (Phi) is 7.70. The molecule has 0 saturated heterocycles. The normalized spacial score (nSPS) is 11.8. The second kappa shape index (κ2) is 9.99. The molecule has 7 heteroatoms. The molecule has 0 aliphatic carbocycles. The third kappa shape index (κ3) is 5.89. The molecule has 0 aromatic heterocycles. The van der Waals surface area contributed by atoms with Crippen LogP contribution < -0.4 is 15.8 Å². The van der Waals surface area contributed by atoms with Gasteiger partial charge in [-0.1, -0.05) is 55.8 Å². The number of amides is 1. The first-order chi connectivity index (χ1) is 13.3. The van der Waals surface area contributed by atoms with E-state index in [2.05, 4.69) is 19.2 Å². The number of hydrogen-bond acceptors (Lipinski definition) is 5. The van der Waals surface area contributed by atoms with Crippen molar-refractivity contribution < 1.29 is 19.1 Å². The second-order valence-electron chi connectivity index (χ2n) is 6.81. The molecule has 0 aliphatic rings. The first-order valence-corrected chi connectivity index (χ1v) is 9.34. The maximum atomic E-state index is 12.4. The number of anilines is 1. The van der Waals surface area contributed by atoms with Gasteiger partial charge in [-0.25, -0.2) is 4.79 Å². The highest BCUT2D eigenvalue weighted by atomic mass is 35.5. The van der Waals surface area contributed by atoms with Gasteiger partial charge in [-0.05, 0) is 24.0 Å². The second-order valence-corrected chi connectivity index (χ2v) is 7.22. The van der Waals surface area contributed by atoms with E-state index in [1.165, 1.54) is 19.2 Å². The van der Waals surface area contributed by atoms with E-state index >= 15 is 0 Å². The molecule has 6 nitrogen and oxygen atoms in total. The lowest BCUT2D eigenvalue weighted by atomic mass is 9.97. The van der Waals surface area contributed by atoms with Crippen LogP contribution in [-0.2, 0) is 9.53 Å². The van der Waals surface area contributed by atoms with Gasteiger partial charge in [-0.2, -0.15) is 0 Å². The van der Waals surface area contributed by atoms with E-state index in [9.17, 15) is 9.59 Å². The van der Waals surface area contributed by atoms with Crippen molar-refractivity contribution in [2.45, 2.75) is 26.3 Å². The fourth-order valence-electron chi connectivity index (χ4n) is 2.78. The van der Waals surface area contributed by atoms with Gasteiger partial charge >= 0.3 is 5.97 Å². The monoisotopic (exact) mass is 404 g/mol. The van der Waals surface area contributed by atoms with Crippen molar-refractivity contribution in [3.8, 4) is 5.75 Å². The van der Waals surface area contributed by atoms with Gasteiger partial charge in [0.25, 0.3) is 5.91 Å². The van der Waals surface area contributed by atoms with E-state index in [0.717, 1.165) is 12.0 Å². The number of hydrogen-bond donors (Lipinski definition) is 2. The van der Waals surface area contributed by atoms with Crippen molar-refractivity contribution in [1.82, 2.24) is 5.32 Å². The first-order valence-electron chi connectivity index (χ1n) is 8.96. The molecule has 150 valence electrons. The highest BCUT2D eigenvalue weighted by Crippen LogP contribution is 2.29. The molecular weight excluding hydrogens is 380 g/mol. The Morgan fingerprint density at radius 2 is 1.86 bits per heavy atom. The lowest BCUT2D eigenvalue weighted by molar-refractivity contribution is -0.125. The van der Waals surface area contributed by atoms with Crippen LogP contribution in [-0.4, -0.2) is 25.6 Å². The summed E-state index contributed by atoms with van der Waals surface area (Å²) in [5, 5.41) is 3.13. The van der Waals surface area contributed by atoms with Crippen molar-refractivity contribution in [2.24, 2.45) is 5.92 Å². The summed E-state index contributed by atoms with van der Waals surface area (Å²) in [7, 11) is 1.41. The predicted octanol–water partition coefficient (Wildman–Crippen LogP) is 3.99. The van der Waals surface area contributed by atoms with E-state index < -0.39 is 12.6 Å². The molecule has 28 heavy (non-hydrogen) atoms. The van der Waals surface area contributed by atoms with Crippen LogP contribution in [0.5, 0.6) is 5.75 Å². The van der Waals surface area contributed by atoms with Crippen LogP contribution >= 0.6 is 11.6 Å². The number of methoxy groups -OCH3 is 1. The number of carbonyl (C=O) groups excluding carboxylic acids is 2. The Morgan fingerprint density at radius 3 is 2.46 bits per heavy atom. The number of carbonyl (C=O) groups is 2. The Labute approximate surface area is 170 Å². The van der Waals surface area contributed by atoms with Gasteiger partial charge in [0.15, 0.2) is 6.61 Å². The van der Waals surface area contributed by atoms with Crippen molar-refractivity contribution in [3.63, 3.8) is 0 Å². The average molecular weight is 405 g/mol. The summed E-state index contributed by atoms with van der Waals surface area (Å²) < 4.78 is 10.3. The van der Waals surface area contributed by atoms with Gasteiger partial charge in [0, 0.05) is 6.07 Å². The van der Waals surface area contributed by atoms with Crippen LogP contribution in [0.2, 0.25) is 5.02 Å². The number of nitrogens with one attached hydrogen (secondary N) is 1. The average Bonchev–Trinajstić information content (AvgIpc) is 2.67. The van der Waals surface area contributed by atoms with E-state index in [1.54, 1.807) is 0 Å². The Morgan fingerprint density at radius 1 is 1.18 bits per heavy atom. The highest BCUT2D eigenvalue weighted by Gasteiger charge is 2.20. The molecule has 0 unspecified atom stereocenters. The molecule has 1 amide bonds. The third-order valence-electron chi connectivity index (χ3n) is 4.12. The smallest absolute Gasteiger partial charge is 0.342 e. The van der Waals surface area contributed by atoms with Gasteiger partial charge in [0.05, 0.1) is 23.9 Å². The zero-order chi connectivity index (χ0) is 20.7. The lowest BCUT2D eigenvalue weighted by Gasteiger charge is -2.21. The fraction of sp³-hybridized carbons (Fsp3) is 0.333. The Bertz CT molecular complexity index is 825. The van der Waals surface area contributed by atoms with Gasteiger partial charge in [0.1, 0.15) is 11.3 Å². The minimum Gasteiger partial charge on any atom is -0.496 e. The highest BCUT2D eigenvalue weighted by molar-refractivity contribution is 6.33. The third-order valence-corrected chi connectivity index (χ3v) is 4.44. The Balaban J connectivity index is 2.02. The topological polar surface area (TPSA) is 90.7 Å². The molecule has 0 saturated carbocycles. The SMILES string of the molecule is COc1cc(N)c(Cl)cc1C(=O)OCC(=O)N[C@@H](CC(C)C)c1ccccc1. The maximum Gasteiger partial charge on any atom is 0.342 e. The van der Waals surface area contributed by atoms with Crippen LogP contribution in [0.15, 0.2) is 42.5 Å². The zero-order valence-electron chi connectivity index (χ0n) is 16.2. The molecule has 0 spiro atoms. The van der Waals surface area contributed by atoms with E-state index in [4.69, 9.17) is 26.8 Å². The predicted molar refractivity (Wildman–Crippen MR) is 109 cm³/mol. The number of halogens is 1. The van der Waals surface area contributed by atoms with Crippen LogP contribution in [0, 0.1) is 5.92 Å². The largest absolute Gasteiger partial charge is 0.496 e. The molecule has 0 radical (unpaired) electrons. The fourth-order valence-corrected chi connectivity index (χ4v) is 2.94. The molecular formula is C21H25ClN2O4. The minimum atomic E-state index is -0.714. The molecule has 2 aromatic carbocycles. The number of esters is 1. The van der Waals surface area contributed by atoms with E-state index in [1.807, 2.05) is 30.3 Å². The maximum absolute atomic E-state index is 12.4. The summed E-state index contributed by atoms with van der Waals surface area (Å²) >= 11 is 5.97. The number of ether oxygens (including phenoxy) is 2. The number of benzene rings is 2. The van der Waals surface area contributed by atoms with Crippen molar-refractivity contribution in [1.29, 1.82) is 0 Å². The van der Waals surface area contributed by atoms with Crippen LogP contribution in [0.3, 0.4) is 0 Å². The quantitative estimate of drug-likeness (QED) is 0.512. The summed E-state index contributed by atoms with van der Waals surface area (Å²) in [6.07, 6.45) is 0.769. The minimum absolute atomic E-state index is 0.108. The van der Waals surface area contributed by atoms with Crippen LogP contribution in [0.4, 0.5) is 5.69 Å². The summed E-state index contributed by atoms with van der Waals surface area (Å²) in [4.78, 5) is 24.7. The molecule has 3 N–H and O–H groups in total. The Hall–Kier alpha value is -2.73. The summed E-state index contributed by atoms with van der Waals surface area (Å²) in [6, 6.07) is 12.3. The van der Waals surface area contributed by atoms with Crippen LogP contribution in [0.25, 0.3) is 0 Å². The first kappa shape index (κ1) is 21.6. The number of rotatable bonds is 8. The molecule has 0 bridgehead atoms. The van der Waals surface area contributed by atoms with Crippen LogP contribution in [0.1, 0.15) is 42.2 Å². The zero-order valence-corrected chi connectivity index (χ0v) is 17.0. The van der Waals surface area contributed by atoms with Gasteiger partial charge in [-0.3, -0.25) is 4.79 Å². The molecule has 0 heterocycles. The standard InChI is InChI=1S/C21H25ClN2O4/c1-13(2)9-18(14-7-5-4-6-8-14)24-20(25)12-28-21(26)15-10-16(22)17(23)11-19(15)27-3/h4-8,10-11,13,18H,9,12,23H2,1-3H3,(H,24,25)/t18-/m0/s1. The van der Waals surface area contributed by atoms with Crippen molar-refractivity contribution >= 4 is 29.2 Å². The van der Waals surface area contributed by atoms with Gasteiger partial charge in [0.2, 0.25) is 0 Å². The van der Waals surface area contributed by atoms with Crippen molar-refractivity contribution in [2.75, 3.05) is 19.5 Å². The van der Waals surface area contributed by atoms with Gasteiger partial charge < -0.3 is 20.5 Å². The van der Waals surface area contributed by atoms with Crippen molar-refractivity contribution in [3.05, 3.63) is 58.6 Å². The number of nitrogen functional groups attached to an aromatic ring is 1. The van der Waals surface area contributed by atoms with E-state index in [0.29, 0.717) is 5.92 Å².